The summed E-state index contributed by atoms with van der Waals surface area (Å²) >= 11 is 0. The van der Waals surface area contributed by atoms with E-state index in [0.717, 1.165) is 18.7 Å². The van der Waals surface area contributed by atoms with E-state index in [2.05, 4.69) is 12.4 Å². The van der Waals surface area contributed by atoms with Crippen molar-refractivity contribution in [1.82, 2.24) is 0 Å². The summed E-state index contributed by atoms with van der Waals surface area (Å²) in [7, 11) is 0. The van der Waals surface area contributed by atoms with Crippen LogP contribution >= 0.6 is 0 Å². The van der Waals surface area contributed by atoms with E-state index in [4.69, 9.17) is 9.94 Å². The number of hydrogen-bond donors (Lipinski definition) is 2. The smallest absolute Gasteiger partial charge is 0.115 e. The molecule has 120 valence electrons. The van der Waals surface area contributed by atoms with Crippen molar-refractivity contribution >= 4 is 5.69 Å². The summed E-state index contributed by atoms with van der Waals surface area (Å²) in [6.45, 7) is 3.00. The van der Waals surface area contributed by atoms with Gasteiger partial charge in [-0.25, -0.2) is 0 Å². The third-order valence-electron chi connectivity index (χ3n) is 3.66. The molecular formula is C18H31NO2. The van der Waals surface area contributed by atoms with Crippen molar-refractivity contribution < 1.29 is 9.94 Å². The Morgan fingerprint density at radius 3 is 1.90 bits per heavy atom. The van der Waals surface area contributed by atoms with Crippen LogP contribution in [0.25, 0.3) is 0 Å². The van der Waals surface area contributed by atoms with E-state index in [1.807, 2.05) is 0 Å². The molecule has 0 aromatic heterocycles. The van der Waals surface area contributed by atoms with Crippen LogP contribution in [0.2, 0.25) is 0 Å². The number of benzene rings is 1. The van der Waals surface area contributed by atoms with E-state index in [0.29, 0.717) is 0 Å². The van der Waals surface area contributed by atoms with Crippen LogP contribution in [0.3, 0.4) is 0 Å². The van der Waals surface area contributed by atoms with Gasteiger partial charge in [-0.3, -0.25) is 10.3 Å². The van der Waals surface area contributed by atoms with Crippen LogP contribution in [-0.2, 0) is 4.84 Å². The lowest BCUT2D eigenvalue weighted by Crippen LogP contribution is -2.02. The molecule has 0 amide bonds. The van der Waals surface area contributed by atoms with Gasteiger partial charge >= 0.3 is 0 Å². The van der Waals surface area contributed by atoms with E-state index in [9.17, 15) is 0 Å². The minimum atomic E-state index is 0.273. The van der Waals surface area contributed by atoms with Gasteiger partial charge in [0, 0.05) is 0 Å². The van der Waals surface area contributed by atoms with Crippen molar-refractivity contribution in [2.45, 2.75) is 71.1 Å². The van der Waals surface area contributed by atoms with E-state index in [-0.39, 0.29) is 5.75 Å². The Labute approximate surface area is 129 Å². The summed E-state index contributed by atoms with van der Waals surface area (Å²) in [5.74, 6) is 0.273. The van der Waals surface area contributed by atoms with E-state index < -0.39 is 0 Å². The van der Waals surface area contributed by atoms with Crippen molar-refractivity contribution in [3.63, 3.8) is 0 Å². The van der Waals surface area contributed by atoms with Gasteiger partial charge in [0.1, 0.15) is 5.75 Å². The molecule has 0 saturated heterocycles. The van der Waals surface area contributed by atoms with Crippen LogP contribution in [0, 0.1) is 0 Å². The van der Waals surface area contributed by atoms with Crippen molar-refractivity contribution in [3.8, 4) is 5.75 Å². The first-order chi connectivity index (χ1) is 10.3. The number of aromatic hydroxyl groups is 1. The lowest BCUT2D eigenvalue weighted by molar-refractivity contribution is 0.187. The van der Waals surface area contributed by atoms with Gasteiger partial charge in [0.05, 0.1) is 12.3 Å². The highest BCUT2D eigenvalue weighted by atomic mass is 16.6. The number of phenols is 1. The van der Waals surface area contributed by atoms with Crippen LogP contribution in [0.1, 0.15) is 71.1 Å². The Bertz CT molecular complexity index is 338. The summed E-state index contributed by atoms with van der Waals surface area (Å²) in [6, 6.07) is 6.89. The second kappa shape index (κ2) is 12.5. The highest BCUT2D eigenvalue weighted by molar-refractivity contribution is 5.43. The van der Waals surface area contributed by atoms with Gasteiger partial charge in [0.15, 0.2) is 0 Å². The predicted molar refractivity (Wildman–Crippen MR) is 89.5 cm³/mol. The fourth-order valence-corrected chi connectivity index (χ4v) is 2.33. The van der Waals surface area contributed by atoms with E-state index in [1.165, 1.54) is 57.8 Å². The molecule has 3 heteroatoms. The minimum absolute atomic E-state index is 0.273. The highest BCUT2D eigenvalue weighted by Gasteiger charge is 1.94. The van der Waals surface area contributed by atoms with Crippen molar-refractivity contribution in [2.24, 2.45) is 0 Å². The molecule has 0 saturated carbocycles. The Morgan fingerprint density at radius 1 is 0.810 bits per heavy atom. The van der Waals surface area contributed by atoms with Crippen LogP contribution < -0.4 is 5.48 Å². The molecule has 1 rings (SSSR count). The number of nitrogens with one attached hydrogen (secondary N) is 1. The quantitative estimate of drug-likeness (QED) is 0.280. The van der Waals surface area contributed by atoms with Gasteiger partial charge in [-0.15, -0.1) is 0 Å². The van der Waals surface area contributed by atoms with Crippen LogP contribution in [0.5, 0.6) is 5.75 Å². The zero-order valence-corrected chi connectivity index (χ0v) is 13.4. The van der Waals surface area contributed by atoms with Gasteiger partial charge < -0.3 is 5.11 Å². The average molecular weight is 293 g/mol. The van der Waals surface area contributed by atoms with Gasteiger partial charge in [0.2, 0.25) is 0 Å². The zero-order valence-electron chi connectivity index (χ0n) is 13.4. The Kier molecular flexibility index (Phi) is 10.6. The molecule has 0 bridgehead atoms. The molecule has 0 unspecified atom stereocenters. The first-order valence-electron chi connectivity index (χ1n) is 8.49. The molecule has 0 atom stereocenters. The first kappa shape index (κ1) is 17.8. The third kappa shape index (κ3) is 10.2. The molecule has 2 N–H and O–H groups in total. The maximum absolute atomic E-state index is 9.16. The molecule has 1 aromatic rings. The van der Waals surface area contributed by atoms with Crippen LogP contribution in [0.4, 0.5) is 5.69 Å². The van der Waals surface area contributed by atoms with Crippen molar-refractivity contribution in [2.75, 3.05) is 12.1 Å². The fourth-order valence-electron chi connectivity index (χ4n) is 2.33. The van der Waals surface area contributed by atoms with Crippen LogP contribution in [-0.4, -0.2) is 11.7 Å². The maximum atomic E-state index is 9.16. The normalized spacial score (nSPS) is 10.7. The molecule has 21 heavy (non-hydrogen) atoms. The Hall–Kier alpha value is -1.22. The highest BCUT2D eigenvalue weighted by Crippen LogP contribution is 2.14. The summed E-state index contributed by atoms with van der Waals surface area (Å²) in [5.41, 5.74) is 3.77. The molecule has 3 nitrogen and oxygen atoms in total. The number of rotatable bonds is 13. The summed E-state index contributed by atoms with van der Waals surface area (Å²) in [6.07, 6.45) is 13.3. The summed E-state index contributed by atoms with van der Waals surface area (Å²) < 4.78 is 0. The average Bonchev–Trinajstić information content (AvgIpc) is 2.50. The van der Waals surface area contributed by atoms with Gasteiger partial charge in [-0.2, -0.15) is 0 Å². The molecule has 0 aliphatic heterocycles. The van der Waals surface area contributed by atoms with E-state index in [1.54, 1.807) is 24.3 Å². The molecule has 0 fully saturated rings. The monoisotopic (exact) mass is 293 g/mol. The first-order valence-corrected chi connectivity index (χ1v) is 8.49. The zero-order chi connectivity index (χ0) is 15.2. The SMILES string of the molecule is CCCCCCCCCCCCONc1ccc(O)cc1. The molecular weight excluding hydrogens is 262 g/mol. The predicted octanol–water partition coefficient (Wildman–Crippen LogP) is 5.66. The lowest BCUT2D eigenvalue weighted by Gasteiger charge is -2.07. The summed E-state index contributed by atoms with van der Waals surface area (Å²) in [5, 5.41) is 9.16. The molecule has 0 heterocycles. The van der Waals surface area contributed by atoms with E-state index >= 15 is 0 Å². The topological polar surface area (TPSA) is 41.5 Å². The largest absolute Gasteiger partial charge is 0.508 e. The molecule has 0 aliphatic rings. The Balaban J connectivity index is 1.81. The number of phenolic OH excluding ortho intramolecular Hbond substituents is 1. The standard InChI is InChI=1S/C18H31NO2/c1-2-3-4-5-6-7-8-9-10-11-16-21-19-17-12-14-18(20)15-13-17/h12-15,19-20H,2-11,16H2,1H3. The van der Waals surface area contributed by atoms with Gasteiger partial charge in [-0.05, 0) is 30.7 Å². The van der Waals surface area contributed by atoms with Gasteiger partial charge in [-0.1, -0.05) is 64.7 Å². The third-order valence-corrected chi connectivity index (χ3v) is 3.66. The van der Waals surface area contributed by atoms with Crippen molar-refractivity contribution in [3.05, 3.63) is 24.3 Å². The lowest BCUT2D eigenvalue weighted by atomic mass is 10.1. The van der Waals surface area contributed by atoms with Crippen LogP contribution in [0.15, 0.2) is 24.3 Å². The van der Waals surface area contributed by atoms with Crippen molar-refractivity contribution in [1.29, 1.82) is 0 Å². The second-order valence-corrected chi connectivity index (χ2v) is 5.68. The molecule has 1 aromatic carbocycles. The second-order valence-electron chi connectivity index (χ2n) is 5.68. The fraction of sp³-hybridized carbons (Fsp3) is 0.667. The molecule has 0 radical (unpaired) electrons. The maximum Gasteiger partial charge on any atom is 0.115 e. The molecule has 0 spiro atoms. The number of hydrogen-bond acceptors (Lipinski definition) is 3. The minimum Gasteiger partial charge on any atom is -0.508 e. The molecule has 0 aliphatic carbocycles. The summed E-state index contributed by atoms with van der Waals surface area (Å²) in [4.78, 5) is 5.40. The number of unbranched alkanes of at least 4 members (excludes halogenated alkanes) is 9. The Morgan fingerprint density at radius 2 is 1.33 bits per heavy atom. The number of anilines is 1. The van der Waals surface area contributed by atoms with Gasteiger partial charge in [0.25, 0.3) is 0 Å².